The van der Waals surface area contributed by atoms with Gasteiger partial charge in [-0.3, -0.25) is 4.98 Å². The highest BCUT2D eigenvalue weighted by Crippen LogP contribution is 2.33. The Hall–Kier alpha value is -2.44. The van der Waals surface area contributed by atoms with Crippen LogP contribution in [0.1, 0.15) is 11.1 Å². The fraction of sp³-hybridized carbons (Fsp3) is 0.125. The quantitative estimate of drug-likeness (QED) is 0.480. The van der Waals surface area contributed by atoms with Crippen LogP contribution in [0, 0.1) is 11.3 Å². The zero-order valence-electron chi connectivity index (χ0n) is 12.7. The number of hydrogen-bond acceptors (Lipinski definition) is 6. The summed E-state index contributed by atoms with van der Waals surface area (Å²) >= 11 is 2.69. The van der Waals surface area contributed by atoms with E-state index in [1.807, 2.05) is 17.5 Å². The van der Waals surface area contributed by atoms with E-state index in [0.29, 0.717) is 16.3 Å². The maximum Gasteiger partial charge on any atom is 0.417 e. The Balaban J connectivity index is 2.14. The van der Waals surface area contributed by atoms with E-state index in [-0.39, 0.29) is 11.5 Å². The third-order valence-electron chi connectivity index (χ3n) is 3.26. The third-order valence-corrected chi connectivity index (χ3v) is 4.81. The summed E-state index contributed by atoms with van der Waals surface area (Å²) in [4.78, 5) is 13.3. The molecule has 126 valence electrons. The molecule has 0 radical (unpaired) electrons. The zero-order valence-corrected chi connectivity index (χ0v) is 14.3. The largest absolute Gasteiger partial charge is 0.417 e. The molecule has 0 saturated carbocycles. The molecule has 3 rings (SSSR count). The molecule has 0 aliphatic heterocycles. The predicted octanol–water partition coefficient (Wildman–Crippen LogP) is 4.88. The number of thiophene rings is 1. The van der Waals surface area contributed by atoms with Gasteiger partial charge in [-0.25, -0.2) is 9.97 Å². The Morgan fingerprint density at radius 2 is 2.00 bits per heavy atom. The van der Waals surface area contributed by atoms with Crippen molar-refractivity contribution in [2.75, 3.05) is 6.26 Å². The topological polar surface area (TPSA) is 62.5 Å². The van der Waals surface area contributed by atoms with Crippen LogP contribution in [0.2, 0.25) is 0 Å². The maximum atomic E-state index is 12.7. The van der Waals surface area contributed by atoms with Gasteiger partial charge in [0.1, 0.15) is 28.0 Å². The van der Waals surface area contributed by atoms with Gasteiger partial charge >= 0.3 is 6.18 Å². The van der Waals surface area contributed by atoms with Crippen LogP contribution in [-0.2, 0) is 6.18 Å². The third kappa shape index (κ3) is 3.50. The molecule has 0 spiro atoms. The van der Waals surface area contributed by atoms with Crippen molar-refractivity contribution in [3.63, 3.8) is 0 Å². The maximum absolute atomic E-state index is 12.7. The second-order valence-electron chi connectivity index (χ2n) is 4.80. The summed E-state index contributed by atoms with van der Waals surface area (Å²) in [6.45, 7) is 0. The molecule has 3 aromatic rings. The molecule has 0 bridgehead atoms. The van der Waals surface area contributed by atoms with Gasteiger partial charge in [0.05, 0.1) is 10.4 Å². The van der Waals surface area contributed by atoms with Crippen LogP contribution in [0.15, 0.2) is 40.9 Å². The van der Waals surface area contributed by atoms with Crippen molar-refractivity contribution in [1.82, 2.24) is 15.0 Å². The monoisotopic (exact) mass is 378 g/mol. The Labute approximate surface area is 149 Å². The standard InChI is InChI=1S/C16H9F3N4S2/c1-24-15-10(7-20)13(12-3-2-6-25-12)22-14(23-15)11-5-4-9(8-21-11)16(17,18)19/h2-6,8H,1H3. The fourth-order valence-corrected chi connectivity index (χ4v) is 3.33. The van der Waals surface area contributed by atoms with Crippen LogP contribution in [0.25, 0.3) is 22.1 Å². The van der Waals surface area contributed by atoms with Crippen molar-refractivity contribution >= 4 is 23.1 Å². The molecule has 25 heavy (non-hydrogen) atoms. The van der Waals surface area contributed by atoms with E-state index in [0.717, 1.165) is 17.1 Å². The molecule has 0 aliphatic carbocycles. The molecule has 3 aromatic heterocycles. The minimum Gasteiger partial charge on any atom is -0.252 e. The van der Waals surface area contributed by atoms with E-state index < -0.39 is 11.7 Å². The average Bonchev–Trinajstić information content (AvgIpc) is 3.14. The highest BCUT2D eigenvalue weighted by Gasteiger charge is 2.31. The van der Waals surface area contributed by atoms with Crippen molar-refractivity contribution in [2.45, 2.75) is 11.2 Å². The number of nitriles is 1. The van der Waals surface area contributed by atoms with Crippen LogP contribution in [0.3, 0.4) is 0 Å². The molecule has 0 fully saturated rings. The highest BCUT2D eigenvalue weighted by atomic mass is 32.2. The summed E-state index contributed by atoms with van der Waals surface area (Å²) in [7, 11) is 0. The highest BCUT2D eigenvalue weighted by molar-refractivity contribution is 7.98. The summed E-state index contributed by atoms with van der Waals surface area (Å²) in [5.74, 6) is 0.181. The first-order chi connectivity index (χ1) is 11.9. The molecular formula is C16H9F3N4S2. The molecule has 0 N–H and O–H groups in total. The van der Waals surface area contributed by atoms with Gasteiger partial charge in [-0.05, 0) is 29.8 Å². The van der Waals surface area contributed by atoms with Gasteiger partial charge in [-0.2, -0.15) is 18.4 Å². The second-order valence-corrected chi connectivity index (χ2v) is 6.54. The lowest BCUT2D eigenvalue weighted by Crippen LogP contribution is -2.06. The fourth-order valence-electron chi connectivity index (χ4n) is 2.09. The lowest BCUT2D eigenvalue weighted by Gasteiger charge is -2.09. The van der Waals surface area contributed by atoms with Crippen molar-refractivity contribution in [2.24, 2.45) is 0 Å². The number of rotatable bonds is 3. The van der Waals surface area contributed by atoms with Crippen molar-refractivity contribution in [3.8, 4) is 28.2 Å². The van der Waals surface area contributed by atoms with Gasteiger partial charge in [0, 0.05) is 6.20 Å². The molecule has 4 nitrogen and oxygen atoms in total. The van der Waals surface area contributed by atoms with Crippen LogP contribution in [-0.4, -0.2) is 21.2 Å². The minimum absolute atomic E-state index is 0.181. The zero-order chi connectivity index (χ0) is 18.0. The number of alkyl halides is 3. The van der Waals surface area contributed by atoms with Gasteiger partial charge in [0.25, 0.3) is 0 Å². The van der Waals surface area contributed by atoms with Crippen molar-refractivity contribution in [1.29, 1.82) is 5.26 Å². The minimum atomic E-state index is -4.45. The number of halogens is 3. The SMILES string of the molecule is CSc1nc(-c2ccc(C(F)(F)F)cn2)nc(-c2cccs2)c1C#N. The van der Waals surface area contributed by atoms with E-state index in [4.69, 9.17) is 0 Å². The van der Waals surface area contributed by atoms with Crippen LogP contribution < -0.4 is 0 Å². The normalized spacial score (nSPS) is 11.3. The number of nitrogens with zero attached hydrogens (tertiary/aromatic N) is 4. The number of pyridine rings is 1. The smallest absolute Gasteiger partial charge is 0.252 e. The van der Waals surface area contributed by atoms with Crippen LogP contribution in [0.4, 0.5) is 13.2 Å². The lowest BCUT2D eigenvalue weighted by molar-refractivity contribution is -0.137. The molecule has 0 saturated heterocycles. The van der Waals surface area contributed by atoms with E-state index in [9.17, 15) is 18.4 Å². The molecule has 0 unspecified atom stereocenters. The van der Waals surface area contributed by atoms with Gasteiger partial charge in [0.15, 0.2) is 5.82 Å². The van der Waals surface area contributed by atoms with Crippen LogP contribution >= 0.6 is 23.1 Å². The van der Waals surface area contributed by atoms with E-state index >= 15 is 0 Å². The molecule has 9 heteroatoms. The number of hydrogen-bond donors (Lipinski definition) is 0. The lowest BCUT2D eigenvalue weighted by atomic mass is 10.2. The molecular weight excluding hydrogens is 369 g/mol. The molecule has 0 atom stereocenters. The Morgan fingerprint density at radius 3 is 2.52 bits per heavy atom. The van der Waals surface area contributed by atoms with E-state index in [1.54, 1.807) is 6.26 Å². The molecule has 3 heterocycles. The van der Waals surface area contributed by atoms with Gasteiger partial charge in [0.2, 0.25) is 0 Å². The molecule has 0 amide bonds. The Bertz CT molecular complexity index is 930. The average molecular weight is 378 g/mol. The second kappa shape index (κ2) is 6.82. The number of thioether (sulfide) groups is 1. The molecule has 0 aliphatic rings. The first-order valence-electron chi connectivity index (χ1n) is 6.87. The van der Waals surface area contributed by atoms with Crippen molar-refractivity contribution in [3.05, 3.63) is 47.0 Å². The van der Waals surface area contributed by atoms with Crippen LogP contribution in [0.5, 0.6) is 0 Å². The predicted molar refractivity (Wildman–Crippen MR) is 90.1 cm³/mol. The van der Waals surface area contributed by atoms with E-state index in [1.165, 1.54) is 29.2 Å². The summed E-state index contributed by atoms with van der Waals surface area (Å²) in [5, 5.41) is 11.7. The van der Waals surface area contributed by atoms with E-state index in [2.05, 4.69) is 21.0 Å². The molecule has 0 aromatic carbocycles. The summed E-state index contributed by atoms with van der Waals surface area (Å²) in [6.07, 6.45) is -1.94. The first kappa shape index (κ1) is 17.4. The van der Waals surface area contributed by atoms with Gasteiger partial charge < -0.3 is 0 Å². The van der Waals surface area contributed by atoms with Gasteiger partial charge in [-0.15, -0.1) is 23.1 Å². The summed E-state index contributed by atoms with van der Waals surface area (Å²) in [6, 6.07) is 7.92. The summed E-state index contributed by atoms with van der Waals surface area (Å²) < 4.78 is 38.0. The van der Waals surface area contributed by atoms with Gasteiger partial charge in [-0.1, -0.05) is 6.07 Å². The first-order valence-corrected chi connectivity index (χ1v) is 8.98. The summed E-state index contributed by atoms with van der Waals surface area (Å²) in [5.41, 5.74) is 0.165. The number of aromatic nitrogens is 3. The Kier molecular flexibility index (Phi) is 4.74. The van der Waals surface area contributed by atoms with Crippen molar-refractivity contribution < 1.29 is 13.2 Å². The Morgan fingerprint density at radius 1 is 1.20 bits per heavy atom.